The SMILES string of the molecule is FC1(F)C(c2cc(-c3cccs3)sc2-c2cccs2)=C(c2cc(-c3cccs3)sc2-c2cccs2)C(F)(F)C1(F)F.FC1(F)C2=C3C=C(c4cccs4)SC3(c3cccs3)C3(c4cccs4)SC(c4cccs4)=CC3=C2C(F)(F)C1(F)F. The molecule has 3 aliphatic carbocycles. The van der Waals surface area contributed by atoms with Crippen molar-refractivity contribution in [2.45, 2.75) is 45.0 Å². The molecule has 0 saturated heterocycles. The Labute approximate surface area is 507 Å². The highest BCUT2D eigenvalue weighted by Crippen LogP contribution is 2.82. The summed E-state index contributed by atoms with van der Waals surface area (Å²) in [4.78, 5) is 8.12. The Balaban J connectivity index is 0.000000147. The molecule has 0 radical (unpaired) electrons. The van der Waals surface area contributed by atoms with Gasteiger partial charge in [-0.1, -0.05) is 48.5 Å². The molecule has 10 aromatic heterocycles. The van der Waals surface area contributed by atoms with Gasteiger partial charge in [0.1, 0.15) is 9.49 Å². The zero-order chi connectivity index (χ0) is 57.0. The van der Waals surface area contributed by atoms with Crippen molar-refractivity contribution in [3.8, 4) is 39.0 Å². The molecule has 0 bridgehead atoms. The standard InChI is InChI=1S/2C29H14F6S6/c30-27(31)23-15-13-19(17-5-1-9-36-17)40-25(15,21-7-3-11-38-21)26(22-8-4-12-39-22)16(24(23)28(32,33)29(27,34)35)14-20(41-26)18-6-2-10-37-18;30-27(31)23(15-13-21(17-5-1-9-36-17)40-25(15)19-7-3-11-38-19)24(28(32,33)29(27,34)35)16-14-22(18-6-2-10-37-18)41-26(16)20-8-4-12-39-20/h2*1-14H. The van der Waals surface area contributed by atoms with Crippen molar-refractivity contribution in [2.75, 3.05) is 0 Å². The number of thioether (sulfide) groups is 2. The first kappa shape index (κ1) is 55.4. The van der Waals surface area contributed by atoms with Gasteiger partial charge < -0.3 is 0 Å². The van der Waals surface area contributed by atoms with Crippen LogP contribution in [0.5, 0.6) is 0 Å². The van der Waals surface area contributed by atoms with Crippen LogP contribution in [0.3, 0.4) is 0 Å². The predicted octanol–water partition coefficient (Wildman–Crippen LogP) is 23.7. The zero-order valence-electron chi connectivity index (χ0n) is 40.6. The lowest BCUT2D eigenvalue weighted by atomic mass is 9.68. The summed E-state index contributed by atoms with van der Waals surface area (Å²) in [7, 11) is 0. The van der Waals surface area contributed by atoms with Crippen LogP contribution in [0.4, 0.5) is 52.7 Å². The van der Waals surface area contributed by atoms with Crippen LogP contribution in [0.1, 0.15) is 30.6 Å². The molecule has 1 fully saturated rings. The minimum Gasteiger partial charge on any atom is -0.194 e. The fourth-order valence-electron chi connectivity index (χ4n) is 11.0. The topological polar surface area (TPSA) is 0 Å². The van der Waals surface area contributed by atoms with Gasteiger partial charge in [-0.2, -0.15) is 52.7 Å². The van der Waals surface area contributed by atoms with E-state index in [0.29, 0.717) is 39.1 Å². The van der Waals surface area contributed by atoms with Crippen molar-refractivity contribution < 1.29 is 52.7 Å². The van der Waals surface area contributed by atoms with Crippen LogP contribution >= 0.6 is 137 Å². The average Bonchev–Trinajstić information content (AvgIpc) is 1.52. The monoisotopic (exact) mass is 1340 g/mol. The van der Waals surface area contributed by atoms with E-state index in [1.54, 1.807) is 94.3 Å². The van der Waals surface area contributed by atoms with Crippen molar-refractivity contribution in [2.24, 2.45) is 0 Å². The van der Waals surface area contributed by atoms with E-state index in [1.165, 1.54) is 139 Å². The van der Waals surface area contributed by atoms with Gasteiger partial charge in [-0.15, -0.1) is 137 Å². The van der Waals surface area contributed by atoms with Crippen molar-refractivity contribution in [1.82, 2.24) is 0 Å². The predicted molar refractivity (Wildman–Crippen MR) is 324 cm³/mol. The number of rotatable bonds is 10. The first-order chi connectivity index (χ1) is 39.2. The second-order valence-corrected chi connectivity index (χ2v) is 31.1. The molecule has 82 heavy (non-hydrogen) atoms. The Morgan fingerprint density at radius 3 is 0.890 bits per heavy atom. The van der Waals surface area contributed by atoms with Crippen LogP contribution in [0.15, 0.2) is 187 Å². The summed E-state index contributed by atoms with van der Waals surface area (Å²) < 4.78 is 186. The molecular formula is C58H28F12S12. The highest BCUT2D eigenvalue weighted by Gasteiger charge is 2.86. The van der Waals surface area contributed by atoms with Crippen LogP contribution in [0, 0.1) is 0 Å². The smallest absolute Gasteiger partial charge is 0.194 e. The van der Waals surface area contributed by atoms with Gasteiger partial charge in [0, 0.05) is 92.0 Å². The Bertz CT molecular complexity index is 3930. The van der Waals surface area contributed by atoms with Crippen LogP contribution in [0.25, 0.3) is 60.0 Å². The number of fused-ring (bicyclic) bond motifs is 4. The minimum absolute atomic E-state index is 0.171. The van der Waals surface area contributed by atoms with Gasteiger partial charge in [-0.05, 0) is 127 Å². The second-order valence-electron chi connectivity index (χ2n) is 18.9. The van der Waals surface area contributed by atoms with Gasteiger partial charge in [0.15, 0.2) is 0 Å². The van der Waals surface area contributed by atoms with Gasteiger partial charge in [0.2, 0.25) is 0 Å². The van der Waals surface area contributed by atoms with E-state index in [1.807, 2.05) is 45.8 Å². The van der Waals surface area contributed by atoms with Gasteiger partial charge in [-0.25, -0.2) is 0 Å². The summed E-state index contributed by atoms with van der Waals surface area (Å²) in [5, 5.41) is 14.4. The number of thiophene rings is 10. The minimum atomic E-state index is -5.64. The highest BCUT2D eigenvalue weighted by atomic mass is 32.2. The summed E-state index contributed by atoms with van der Waals surface area (Å²) in [5.41, 5.74) is -6.05. The lowest BCUT2D eigenvalue weighted by Crippen LogP contribution is -2.48. The molecule has 0 N–H and O–H groups in total. The highest BCUT2D eigenvalue weighted by molar-refractivity contribution is 8.14. The molecule has 15 rings (SSSR count). The van der Waals surface area contributed by atoms with Gasteiger partial charge >= 0.3 is 35.5 Å². The zero-order valence-corrected chi connectivity index (χ0v) is 50.4. The molecule has 2 atom stereocenters. The number of hydrogen-bond acceptors (Lipinski definition) is 12. The van der Waals surface area contributed by atoms with Gasteiger partial charge in [-0.3, -0.25) is 0 Å². The molecule has 24 heteroatoms. The molecule has 1 saturated carbocycles. The number of hydrogen-bond donors (Lipinski definition) is 0. The summed E-state index contributed by atoms with van der Waals surface area (Å²) in [5.74, 6) is -31.7. The van der Waals surface area contributed by atoms with Crippen LogP contribution in [-0.2, 0) is 9.49 Å². The third-order valence-electron chi connectivity index (χ3n) is 14.5. The van der Waals surface area contributed by atoms with E-state index in [0.717, 1.165) is 42.2 Å². The van der Waals surface area contributed by atoms with Crippen LogP contribution < -0.4 is 0 Å². The summed E-state index contributed by atoms with van der Waals surface area (Å²) in [6.45, 7) is 0. The lowest BCUT2D eigenvalue weighted by molar-refractivity contribution is -0.258. The maximum absolute atomic E-state index is 16.0. The fraction of sp³-hybridized carbons (Fsp3) is 0.138. The molecule has 2 unspecified atom stereocenters. The molecular weight excluding hydrogens is 1310 g/mol. The molecule has 12 heterocycles. The molecule has 2 aliphatic heterocycles. The molecule has 5 aliphatic rings. The maximum Gasteiger partial charge on any atom is 0.380 e. The average molecular weight is 1340 g/mol. The number of alkyl halides is 12. The third-order valence-corrected chi connectivity index (χ3v) is 28.6. The molecule has 10 aromatic rings. The van der Waals surface area contributed by atoms with Crippen molar-refractivity contribution >= 4 is 158 Å². The van der Waals surface area contributed by atoms with E-state index in [9.17, 15) is 0 Å². The van der Waals surface area contributed by atoms with Crippen molar-refractivity contribution in [3.05, 3.63) is 217 Å². The van der Waals surface area contributed by atoms with Gasteiger partial charge in [0.05, 0.1) is 9.75 Å². The van der Waals surface area contributed by atoms with Gasteiger partial charge in [0.25, 0.3) is 0 Å². The molecule has 0 nitrogen and oxygen atoms in total. The van der Waals surface area contributed by atoms with E-state index in [-0.39, 0.29) is 32.0 Å². The first-order valence-corrected chi connectivity index (χ1v) is 34.4. The number of allylic oxidation sites excluding steroid dienone is 6. The first-order valence-electron chi connectivity index (χ1n) is 24.1. The molecule has 416 valence electrons. The Morgan fingerprint density at radius 2 is 0.585 bits per heavy atom. The Hall–Kier alpha value is -4.44. The van der Waals surface area contributed by atoms with Crippen LogP contribution in [0.2, 0.25) is 0 Å². The number of halogens is 12. The largest absolute Gasteiger partial charge is 0.380 e. The summed E-state index contributed by atoms with van der Waals surface area (Å²) in [6, 6.07) is 31.1. The lowest BCUT2D eigenvalue weighted by Gasteiger charge is -2.50. The Kier molecular flexibility index (Phi) is 13.2. The van der Waals surface area contributed by atoms with E-state index in [4.69, 9.17) is 0 Å². The Morgan fingerprint density at radius 1 is 0.293 bits per heavy atom. The van der Waals surface area contributed by atoms with Crippen LogP contribution in [-0.4, -0.2) is 35.5 Å². The quantitative estimate of drug-likeness (QED) is 0.125. The molecule has 0 aromatic carbocycles. The third kappa shape index (κ3) is 7.63. The van der Waals surface area contributed by atoms with Crippen molar-refractivity contribution in [3.63, 3.8) is 0 Å². The maximum atomic E-state index is 16.0. The van der Waals surface area contributed by atoms with E-state index in [2.05, 4.69) is 0 Å². The van der Waals surface area contributed by atoms with E-state index < -0.39 is 67.3 Å². The molecule has 0 amide bonds. The van der Waals surface area contributed by atoms with Crippen molar-refractivity contribution in [1.29, 1.82) is 0 Å². The second kappa shape index (κ2) is 19.5. The summed E-state index contributed by atoms with van der Waals surface area (Å²) >= 11 is 15.5. The van der Waals surface area contributed by atoms with E-state index >= 15 is 52.7 Å². The normalized spacial score (nSPS) is 23.2. The summed E-state index contributed by atoms with van der Waals surface area (Å²) in [6.07, 6.45) is 2.93. The fourth-order valence-corrected chi connectivity index (χ4v) is 24.2. The molecule has 0 spiro atoms.